The van der Waals surface area contributed by atoms with Crippen molar-refractivity contribution in [2.24, 2.45) is 0 Å². The molecule has 0 fully saturated rings. The highest BCUT2D eigenvalue weighted by Gasteiger charge is 2.20. The molecule has 0 aliphatic rings. The first-order valence-electron chi connectivity index (χ1n) is 45.6. The van der Waals surface area contributed by atoms with Gasteiger partial charge < -0.3 is 17.7 Å². The summed E-state index contributed by atoms with van der Waals surface area (Å²) >= 11 is 0. The molecule has 4 heterocycles. The zero-order valence-corrected chi connectivity index (χ0v) is 74.4. The van der Waals surface area contributed by atoms with E-state index in [1.54, 1.807) is 0 Å². The quantitative estimate of drug-likeness (QED) is 0.115. The zero-order valence-electron chi connectivity index (χ0n) is 74.4. The molecule has 0 aliphatic heterocycles. The minimum atomic E-state index is 0.501. The zero-order chi connectivity index (χ0) is 88.0. The summed E-state index contributed by atoms with van der Waals surface area (Å²) in [6.07, 6.45) is 0. The van der Waals surface area contributed by atoms with Gasteiger partial charge in [-0.15, -0.1) is 0 Å². The minimum Gasteiger partial charge on any atom is -0.456 e. The van der Waals surface area contributed by atoms with Crippen molar-refractivity contribution in [1.29, 1.82) is 0 Å². The van der Waals surface area contributed by atoms with Crippen LogP contribution in [0.5, 0.6) is 0 Å². The van der Waals surface area contributed by atoms with Gasteiger partial charge in [-0.1, -0.05) is 413 Å². The number of benzene rings is 20. The largest absolute Gasteiger partial charge is 0.456 e. The molecule has 0 spiro atoms. The molecule has 0 atom stereocenters. The third-order valence-electron chi connectivity index (χ3n) is 26.2. The molecule has 0 bridgehead atoms. The molecule has 0 N–H and O–H groups in total. The summed E-state index contributed by atoms with van der Waals surface area (Å²) in [6, 6.07) is 152. The molecule has 0 amide bonds. The highest BCUT2D eigenvalue weighted by Crippen LogP contribution is 2.44. The molecule has 0 aliphatic carbocycles. The number of hydrogen-bond acceptors (Lipinski definition) is 4. The third-order valence-corrected chi connectivity index (χ3v) is 26.2. The fourth-order valence-electron chi connectivity index (χ4n) is 19.2. The Morgan fingerprint density at radius 3 is 0.800 bits per heavy atom. The summed E-state index contributed by atoms with van der Waals surface area (Å²) in [7, 11) is 0. The Bertz CT molecular complexity index is 8280. The number of para-hydroxylation sites is 4. The van der Waals surface area contributed by atoms with Gasteiger partial charge in [-0.3, -0.25) is 0 Å². The van der Waals surface area contributed by atoms with Crippen molar-refractivity contribution in [3.8, 4) is 100 Å². The molecule has 0 saturated carbocycles. The molecule has 4 nitrogen and oxygen atoms in total. The van der Waals surface area contributed by atoms with Crippen LogP contribution in [0.2, 0.25) is 0 Å². The van der Waals surface area contributed by atoms with Crippen molar-refractivity contribution in [3.63, 3.8) is 0 Å². The van der Waals surface area contributed by atoms with Crippen LogP contribution < -0.4 is 0 Å². The first-order valence-corrected chi connectivity index (χ1v) is 45.6. The van der Waals surface area contributed by atoms with E-state index in [2.05, 4.69) is 438 Å². The highest BCUT2D eigenvalue weighted by atomic mass is 16.3. The summed E-state index contributed by atoms with van der Waals surface area (Å²) < 4.78 is 24.5. The Morgan fingerprint density at radius 1 is 0.138 bits per heavy atom. The molecule has 20 aromatic carbocycles. The molecule has 0 saturated heterocycles. The van der Waals surface area contributed by atoms with Gasteiger partial charge in [-0.2, -0.15) is 0 Å². The predicted octanol–water partition coefficient (Wildman–Crippen LogP) is 37.3. The van der Waals surface area contributed by atoms with Gasteiger partial charge in [0.25, 0.3) is 0 Å². The van der Waals surface area contributed by atoms with Gasteiger partial charge in [0.2, 0.25) is 0 Å². The van der Waals surface area contributed by atoms with E-state index in [0.29, 0.717) is 23.7 Å². The maximum Gasteiger partial charge on any atom is 0.143 e. The smallest absolute Gasteiger partial charge is 0.143 e. The van der Waals surface area contributed by atoms with E-state index < -0.39 is 0 Å². The Kier molecular flexibility index (Phi) is 21.9. The molecule has 0 unspecified atom stereocenters. The van der Waals surface area contributed by atoms with Gasteiger partial charge in [-0.25, -0.2) is 0 Å². The van der Waals surface area contributed by atoms with Gasteiger partial charge in [-0.05, 0) is 240 Å². The maximum absolute atomic E-state index is 6.25. The Morgan fingerprint density at radius 2 is 0.400 bits per heavy atom. The molecule has 130 heavy (non-hydrogen) atoms. The lowest BCUT2D eigenvalue weighted by Gasteiger charge is -2.14. The van der Waals surface area contributed by atoms with Crippen molar-refractivity contribution in [2.45, 2.75) is 79.1 Å². The Hall–Kier alpha value is -15.6. The van der Waals surface area contributed by atoms with Crippen LogP contribution in [0.15, 0.2) is 442 Å². The van der Waals surface area contributed by atoms with Crippen molar-refractivity contribution >= 4 is 120 Å². The highest BCUT2D eigenvalue weighted by molar-refractivity contribution is 6.12. The predicted molar refractivity (Wildman–Crippen MR) is 553 cm³/mol. The van der Waals surface area contributed by atoms with Crippen molar-refractivity contribution in [2.75, 3.05) is 0 Å². The molecule has 24 aromatic rings. The lowest BCUT2D eigenvalue weighted by molar-refractivity contribution is 0.668. The van der Waals surface area contributed by atoms with Crippen LogP contribution in [-0.2, 0) is 0 Å². The fourth-order valence-corrected chi connectivity index (χ4v) is 19.2. The maximum atomic E-state index is 6.25. The number of fused-ring (bicyclic) bond motifs is 15. The summed E-state index contributed by atoms with van der Waals surface area (Å²) in [5, 5.41) is 17.3. The molecule has 626 valence electrons. The van der Waals surface area contributed by atoms with E-state index in [1.807, 2.05) is 42.5 Å². The van der Waals surface area contributed by atoms with E-state index in [0.717, 1.165) is 87.9 Å². The van der Waals surface area contributed by atoms with E-state index in [9.17, 15) is 0 Å². The second-order valence-corrected chi connectivity index (χ2v) is 35.6. The van der Waals surface area contributed by atoms with Crippen LogP contribution in [-0.4, -0.2) is 0 Å². The van der Waals surface area contributed by atoms with Gasteiger partial charge in [0, 0.05) is 48.7 Å². The van der Waals surface area contributed by atoms with Crippen LogP contribution in [0.1, 0.15) is 101 Å². The molecule has 4 aromatic heterocycles. The average Bonchev–Trinajstić information content (AvgIpc) is 1.44. The normalized spacial score (nSPS) is 11.7. The molecular formula is C126H98O4. The van der Waals surface area contributed by atoms with E-state index in [-0.39, 0.29) is 0 Å². The van der Waals surface area contributed by atoms with Crippen molar-refractivity contribution in [3.05, 3.63) is 447 Å². The second kappa shape index (κ2) is 35.0. The topological polar surface area (TPSA) is 52.6 Å². The summed E-state index contributed by atoms with van der Waals surface area (Å²) in [5.74, 6) is 2.06. The summed E-state index contributed by atoms with van der Waals surface area (Å²) in [6.45, 7) is 18.0. The first-order chi connectivity index (χ1) is 63.7. The number of furan rings is 4. The molecular weight excluding hydrogens is 1580 g/mol. The lowest BCUT2D eigenvalue weighted by atomic mass is 9.90. The summed E-state index contributed by atoms with van der Waals surface area (Å²) in [4.78, 5) is 0. The van der Waals surface area contributed by atoms with Gasteiger partial charge in [0.05, 0.1) is 0 Å². The molecule has 0 radical (unpaired) electrons. The standard InChI is InChI=1S/C33H26O.3C31H24O/c1-22(2)23-8-10-25(11-9-23)26-12-14-27(15-13-26)29-17-19-33-31(21-29)30-20-28(16-18-32(30)34-33)24-6-4-3-5-7-24;1-20(2)23-18-19-24(27-9-4-3-8-26(23)27)21-14-16-22(17-15-21)25-11-7-12-29-28-10-5-6-13-30(28)32-31(25)29;1-20(2)24-16-17-25(27-8-4-3-7-26(24)27)22-13-11-21(12-14-22)23-15-18-31-29(19-23)28-9-5-6-10-30(28)32-31;1-20(2)24-17-18-25(27-8-4-3-7-26(24)27)22-13-11-21(12-14-22)23-15-16-29-28-9-5-6-10-30(28)32-31(29)19-23/h3-22H,1-2H3;3*3-20H,1-2H3. The van der Waals surface area contributed by atoms with Crippen LogP contribution in [0.25, 0.3) is 220 Å². The van der Waals surface area contributed by atoms with Gasteiger partial charge in [0.15, 0.2) is 0 Å². The van der Waals surface area contributed by atoms with Crippen LogP contribution >= 0.6 is 0 Å². The van der Waals surface area contributed by atoms with Crippen molar-refractivity contribution < 1.29 is 17.7 Å². The average molecular weight is 1680 g/mol. The number of hydrogen-bond donors (Lipinski definition) is 0. The van der Waals surface area contributed by atoms with Crippen LogP contribution in [0.4, 0.5) is 0 Å². The monoisotopic (exact) mass is 1670 g/mol. The SMILES string of the molecule is CC(C)c1ccc(-c2ccc(-c3ccc4c(c3)oc3ccccc34)cc2)c2ccccc12.CC(C)c1ccc(-c2ccc(-c3ccc4oc5ccc(-c6ccccc6)cc5c4c3)cc2)cc1.CC(C)c1ccc(-c2ccc(-c3ccc4oc5ccccc5c4c3)cc2)c2ccccc12.CC(C)c1ccc(-c2ccc(-c3cccc4c3oc3ccccc34)cc2)c2ccccc12. The van der Waals surface area contributed by atoms with E-state index in [1.165, 1.54) is 155 Å². The summed E-state index contributed by atoms with van der Waals surface area (Å²) in [5.41, 5.74) is 35.0. The van der Waals surface area contributed by atoms with Crippen LogP contribution in [0.3, 0.4) is 0 Å². The van der Waals surface area contributed by atoms with Crippen molar-refractivity contribution in [1.82, 2.24) is 0 Å². The van der Waals surface area contributed by atoms with Gasteiger partial charge in [0.1, 0.15) is 44.7 Å². The first kappa shape index (κ1) is 81.4. The second-order valence-electron chi connectivity index (χ2n) is 35.6. The molecule has 24 rings (SSSR count). The lowest BCUT2D eigenvalue weighted by Crippen LogP contribution is -1.91. The fraction of sp³-hybridized carbons (Fsp3) is 0.0952. The molecule has 4 heteroatoms. The third kappa shape index (κ3) is 15.8. The van der Waals surface area contributed by atoms with Gasteiger partial charge >= 0.3 is 0 Å². The van der Waals surface area contributed by atoms with E-state index >= 15 is 0 Å². The Balaban J connectivity index is 0.000000105. The minimum absolute atomic E-state index is 0.501. The number of rotatable bonds is 13. The van der Waals surface area contributed by atoms with E-state index in [4.69, 9.17) is 17.7 Å². The Labute approximate surface area is 758 Å². The van der Waals surface area contributed by atoms with Crippen LogP contribution in [0, 0.1) is 0 Å².